The minimum absolute atomic E-state index is 0.0328. The highest BCUT2D eigenvalue weighted by Crippen LogP contribution is 2.27. The summed E-state index contributed by atoms with van der Waals surface area (Å²) in [6, 6.07) is 0.663. The zero-order valence-electron chi connectivity index (χ0n) is 11.6. The second kappa shape index (κ2) is 5.97. The van der Waals surface area contributed by atoms with Gasteiger partial charge >= 0.3 is 6.09 Å². The van der Waals surface area contributed by atoms with Gasteiger partial charge in [-0.25, -0.2) is 9.78 Å². The molecule has 0 bridgehead atoms. The predicted molar refractivity (Wildman–Crippen MR) is 74.2 cm³/mol. The number of anilines is 2. The number of alkyl carbamates (subject to hydrolysis) is 1. The Morgan fingerprint density at radius 1 is 1.68 bits per heavy atom. The lowest BCUT2D eigenvalue weighted by atomic mass is 10.2. The van der Waals surface area contributed by atoms with E-state index in [1.807, 2.05) is 0 Å². The van der Waals surface area contributed by atoms with Gasteiger partial charge in [0, 0.05) is 18.1 Å². The number of nitrogens with one attached hydrogen (secondary N) is 2. The Bertz CT molecular complexity index is 516. The van der Waals surface area contributed by atoms with E-state index >= 15 is 0 Å². The first kappa shape index (κ1) is 12.3. The summed E-state index contributed by atoms with van der Waals surface area (Å²) in [6.07, 6.45) is 2.64. The van der Waals surface area contributed by atoms with E-state index in [4.69, 9.17) is 18.7 Å². The number of halogens is 1. The number of rotatable bonds is 3. The molecule has 0 aromatic carbocycles. The van der Waals surface area contributed by atoms with Crippen LogP contribution in [0.1, 0.15) is 20.6 Å². The minimum atomic E-state index is -1.02. The second-order valence-corrected chi connectivity index (χ2v) is 4.79. The highest BCUT2D eigenvalue weighted by Gasteiger charge is 2.26. The van der Waals surface area contributed by atoms with Crippen LogP contribution in [0.3, 0.4) is 0 Å². The van der Waals surface area contributed by atoms with Crippen molar-refractivity contribution in [1.29, 1.82) is 0 Å². The van der Waals surface area contributed by atoms with Gasteiger partial charge in [0.2, 0.25) is 0 Å². The summed E-state index contributed by atoms with van der Waals surface area (Å²) in [4.78, 5) is 15.1. The third kappa shape index (κ3) is 3.64. The number of nitrogens with two attached hydrogens (primary N) is 1. The molecular weight excluding hydrogens is 268 g/mol. The number of amides is 1. The summed E-state index contributed by atoms with van der Waals surface area (Å²) in [5, 5.41) is 6.13. The molecule has 0 unspecified atom stereocenters. The van der Waals surface area contributed by atoms with Crippen LogP contribution in [-0.2, 0) is 4.74 Å². The van der Waals surface area contributed by atoms with Crippen LogP contribution < -0.4 is 16.4 Å². The number of pyridine rings is 1. The monoisotopic (exact) mass is 285 g/mol. The standard InChI is InChI=1S/C12H17ClN4O2/c1-19-12(18)17-8-3-2-7(4-8)16-10-5-11(13)15-6-9(10)14/h5-8H,2-4,14H2,1H3,(H,15,16)(H,17,18)/t7-,8-/m1/s1/i8D. The van der Waals surface area contributed by atoms with Crippen LogP contribution in [0.4, 0.5) is 16.2 Å². The molecule has 4 N–H and O–H groups in total. The van der Waals surface area contributed by atoms with Gasteiger partial charge in [-0.3, -0.25) is 0 Å². The van der Waals surface area contributed by atoms with Gasteiger partial charge in [-0.05, 0) is 19.3 Å². The molecule has 0 aliphatic heterocycles. The van der Waals surface area contributed by atoms with Crippen LogP contribution in [0, 0.1) is 0 Å². The molecule has 0 spiro atoms. The van der Waals surface area contributed by atoms with Crippen molar-refractivity contribution in [3.8, 4) is 0 Å². The van der Waals surface area contributed by atoms with Crippen molar-refractivity contribution in [2.45, 2.75) is 31.3 Å². The second-order valence-electron chi connectivity index (χ2n) is 4.40. The molecule has 1 saturated carbocycles. The zero-order chi connectivity index (χ0) is 14.8. The highest BCUT2D eigenvalue weighted by atomic mass is 35.5. The minimum Gasteiger partial charge on any atom is -0.453 e. The lowest BCUT2D eigenvalue weighted by molar-refractivity contribution is 0.166. The molecule has 19 heavy (non-hydrogen) atoms. The van der Waals surface area contributed by atoms with E-state index < -0.39 is 12.1 Å². The van der Waals surface area contributed by atoms with E-state index in [9.17, 15) is 4.79 Å². The summed E-state index contributed by atoms with van der Waals surface area (Å²) >= 11 is 5.83. The number of carbonyl (C=O) groups is 1. The summed E-state index contributed by atoms with van der Waals surface area (Å²) in [5.41, 5.74) is 7.01. The van der Waals surface area contributed by atoms with Crippen LogP contribution in [0.25, 0.3) is 0 Å². The van der Waals surface area contributed by atoms with Gasteiger partial charge in [-0.2, -0.15) is 0 Å². The fraction of sp³-hybridized carbons (Fsp3) is 0.500. The average molecular weight is 286 g/mol. The maximum Gasteiger partial charge on any atom is 0.407 e. The largest absolute Gasteiger partial charge is 0.453 e. The number of ether oxygens (including phenoxy) is 1. The number of hydrogen-bond acceptors (Lipinski definition) is 5. The van der Waals surface area contributed by atoms with E-state index in [-0.39, 0.29) is 6.04 Å². The molecular formula is C12H17ClN4O2. The molecule has 1 heterocycles. The molecule has 6 nitrogen and oxygen atoms in total. The third-order valence-corrected chi connectivity index (χ3v) is 3.22. The fourth-order valence-electron chi connectivity index (χ4n) is 2.07. The van der Waals surface area contributed by atoms with Gasteiger partial charge in [0.1, 0.15) is 5.15 Å². The van der Waals surface area contributed by atoms with Gasteiger partial charge in [0.25, 0.3) is 0 Å². The number of nitrogens with zero attached hydrogens (tertiary/aromatic N) is 1. The quantitative estimate of drug-likeness (QED) is 0.739. The fourth-order valence-corrected chi connectivity index (χ4v) is 2.23. The number of methoxy groups -OCH3 is 1. The molecule has 104 valence electrons. The van der Waals surface area contributed by atoms with E-state index in [1.54, 1.807) is 6.07 Å². The van der Waals surface area contributed by atoms with Crippen LogP contribution in [0.5, 0.6) is 0 Å². The average Bonchev–Trinajstić information content (AvgIpc) is 2.75. The molecule has 1 aliphatic carbocycles. The molecule has 2 atom stereocenters. The van der Waals surface area contributed by atoms with Gasteiger partial charge in [-0.15, -0.1) is 0 Å². The molecule has 0 saturated heterocycles. The molecule has 0 radical (unpaired) electrons. The number of carbonyl (C=O) groups excluding carboxylic acids is 1. The van der Waals surface area contributed by atoms with Crippen molar-refractivity contribution >= 4 is 29.1 Å². The summed E-state index contributed by atoms with van der Waals surface area (Å²) in [5.74, 6) is 0. The maximum atomic E-state index is 11.2. The van der Waals surface area contributed by atoms with Gasteiger partial charge in [0.15, 0.2) is 0 Å². The lowest BCUT2D eigenvalue weighted by Crippen LogP contribution is -2.33. The summed E-state index contributed by atoms with van der Waals surface area (Å²) in [6.45, 7) is 0. The van der Waals surface area contributed by atoms with Crippen molar-refractivity contribution in [2.75, 3.05) is 18.2 Å². The van der Waals surface area contributed by atoms with Crippen molar-refractivity contribution in [2.24, 2.45) is 0 Å². The molecule has 1 aromatic heterocycles. The molecule has 2 rings (SSSR count). The van der Waals surface area contributed by atoms with Crippen molar-refractivity contribution in [3.05, 3.63) is 17.4 Å². The van der Waals surface area contributed by atoms with Crippen molar-refractivity contribution in [3.63, 3.8) is 0 Å². The summed E-state index contributed by atoms with van der Waals surface area (Å²) < 4.78 is 12.7. The number of aromatic nitrogens is 1. The van der Waals surface area contributed by atoms with Gasteiger partial charge in [-0.1, -0.05) is 11.6 Å². The first-order valence-corrected chi connectivity index (χ1v) is 6.33. The van der Waals surface area contributed by atoms with Crippen LogP contribution in [-0.4, -0.2) is 30.2 Å². The Labute approximate surface area is 118 Å². The molecule has 1 aliphatic rings. The Hall–Kier alpha value is -1.69. The molecule has 7 heteroatoms. The van der Waals surface area contributed by atoms with E-state index in [1.165, 1.54) is 13.3 Å². The predicted octanol–water partition coefficient (Wildman–Crippen LogP) is 2.01. The molecule has 1 aromatic rings. The lowest BCUT2D eigenvalue weighted by Gasteiger charge is -2.16. The molecule has 1 fully saturated rings. The Balaban J connectivity index is 1.99. The number of hydrogen-bond donors (Lipinski definition) is 3. The first-order valence-electron chi connectivity index (χ1n) is 6.45. The van der Waals surface area contributed by atoms with Crippen LogP contribution >= 0.6 is 11.6 Å². The molecule has 1 amide bonds. The van der Waals surface area contributed by atoms with Crippen LogP contribution in [0.2, 0.25) is 5.15 Å². The van der Waals surface area contributed by atoms with Crippen molar-refractivity contribution < 1.29 is 10.9 Å². The number of nitrogen functional groups attached to an aromatic ring is 1. The topological polar surface area (TPSA) is 89.3 Å². The van der Waals surface area contributed by atoms with Crippen molar-refractivity contribution in [1.82, 2.24) is 10.3 Å². The summed E-state index contributed by atoms with van der Waals surface area (Å²) in [7, 11) is 1.28. The van der Waals surface area contributed by atoms with Gasteiger partial charge in [0.05, 0.1) is 26.1 Å². The SMILES string of the molecule is [2H][C@@]1(NC(=O)OC)CC[C@@H](Nc2cc(Cl)ncc2N)C1. The Morgan fingerprint density at radius 3 is 3.21 bits per heavy atom. The van der Waals surface area contributed by atoms with E-state index in [2.05, 4.69) is 20.4 Å². The maximum absolute atomic E-state index is 11.2. The highest BCUT2D eigenvalue weighted by molar-refractivity contribution is 6.29. The van der Waals surface area contributed by atoms with E-state index in [0.717, 1.165) is 6.42 Å². The Kier molecular flexibility index (Phi) is 3.88. The van der Waals surface area contributed by atoms with Crippen LogP contribution in [0.15, 0.2) is 12.3 Å². The first-order chi connectivity index (χ1) is 9.42. The smallest absolute Gasteiger partial charge is 0.407 e. The Morgan fingerprint density at radius 2 is 2.47 bits per heavy atom. The normalized spacial score (nSPS) is 26.6. The zero-order valence-corrected chi connectivity index (χ0v) is 11.3. The van der Waals surface area contributed by atoms with Gasteiger partial charge < -0.3 is 21.1 Å². The third-order valence-electron chi connectivity index (χ3n) is 3.01. The van der Waals surface area contributed by atoms with E-state index in [0.29, 0.717) is 29.4 Å².